The summed E-state index contributed by atoms with van der Waals surface area (Å²) in [7, 11) is 1.73. The zero-order valence-electron chi connectivity index (χ0n) is 12.3. The van der Waals surface area contributed by atoms with Gasteiger partial charge in [0, 0.05) is 6.04 Å². The molecule has 1 atom stereocenters. The van der Waals surface area contributed by atoms with Gasteiger partial charge in [0.05, 0.1) is 12.1 Å². The molecular weight excluding hydrogens is 270 g/mol. The van der Waals surface area contributed by atoms with Gasteiger partial charge in [-0.2, -0.15) is 0 Å². The number of rotatable bonds is 3. The Morgan fingerprint density at radius 3 is 2.50 bits per heavy atom. The van der Waals surface area contributed by atoms with Gasteiger partial charge in [0.1, 0.15) is 5.75 Å². The molecule has 0 amide bonds. The average Bonchev–Trinajstić information content (AvgIpc) is 3.01. The van der Waals surface area contributed by atoms with Crippen molar-refractivity contribution in [3.05, 3.63) is 28.3 Å². The van der Waals surface area contributed by atoms with E-state index in [4.69, 9.17) is 16.3 Å². The molecule has 0 spiro atoms. The summed E-state index contributed by atoms with van der Waals surface area (Å²) in [6, 6.07) is 4.92. The number of ether oxygens (including phenoxy) is 1. The molecule has 1 saturated carbocycles. The molecule has 3 rings (SSSR count). The second-order valence-electron chi connectivity index (χ2n) is 6.11. The third kappa shape index (κ3) is 2.82. The number of halogens is 1. The van der Waals surface area contributed by atoms with E-state index >= 15 is 0 Å². The maximum atomic E-state index is 6.48. The van der Waals surface area contributed by atoms with Crippen LogP contribution in [0.25, 0.3) is 0 Å². The van der Waals surface area contributed by atoms with Crippen LogP contribution >= 0.6 is 11.6 Å². The molecule has 3 heteroatoms. The van der Waals surface area contributed by atoms with Gasteiger partial charge in [0.15, 0.2) is 0 Å². The Balaban J connectivity index is 1.95. The third-order valence-corrected chi connectivity index (χ3v) is 5.09. The fourth-order valence-corrected chi connectivity index (χ4v) is 4.04. The SMILES string of the molecule is COc1c(Cl)cc(C2CCCCN2)cc1C1CCCC1. The van der Waals surface area contributed by atoms with Gasteiger partial charge in [-0.3, -0.25) is 0 Å². The van der Waals surface area contributed by atoms with E-state index in [9.17, 15) is 0 Å². The second-order valence-corrected chi connectivity index (χ2v) is 6.52. The standard InChI is InChI=1S/C17H24ClNO/c1-20-17-14(12-6-2-3-7-12)10-13(11-15(17)18)16-8-4-5-9-19-16/h10-12,16,19H,2-9H2,1H3. The van der Waals surface area contributed by atoms with Crippen LogP contribution in [0.15, 0.2) is 12.1 Å². The first-order valence-electron chi connectivity index (χ1n) is 7.90. The molecule has 2 aliphatic rings. The molecule has 0 radical (unpaired) electrons. The number of benzene rings is 1. The quantitative estimate of drug-likeness (QED) is 0.862. The molecule has 1 unspecified atom stereocenters. The fraction of sp³-hybridized carbons (Fsp3) is 0.647. The Hall–Kier alpha value is -0.730. The van der Waals surface area contributed by atoms with E-state index in [0.29, 0.717) is 12.0 Å². The van der Waals surface area contributed by atoms with Crippen LogP contribution in [0.4, 0.5) is 0 Å². The molecule has 0 aromatic heterocycles. The van der Waals surface area contributed by atoms with Crippen molar-refractivity contribution in [1.82, 2.24) is 5.32 Å². The molecule has 110 valence electrons. The van der Waals surface area contributed by atoms with Gasteiger partial charge in [-0.05, 0) is 55.3 Å². The summed E-state index contributed by atoms with van der Waals surface area (Å²) in [5.74, 6) is 1.53. The lowest BCUT2D eigenvalue weighted by Crippen LogP contribution is -2.26. The highest BCUT2D eigenvalue weighted by Gasteiger charge is 2.25. The topological polar surface area (TPSA) is 21.3 Å². The zero-order valence-corrected chi connectivity index (χ0v) is 13.0. The smallest absolute Gasteiger partial charge is 0.140 e. The summed E-state index contributed by atoms with van der Waals surface area (Å²) in [6.45, 7) is 1.12. The molecule has 1 aromatic carbocycles. The number of hydrogen-bond acceptors (Lipinski definition) is 2. The Morgan fingerprint density at radius 2 is 1.85 bits per heavy atom. The maximum absolute atomic E-state index is 6.48. The molecule has 1 heterocycles. The monoisotopic (exact) mass is 293 g/mol. The maximum Gasteiger partial charge on any atom is 0.140 e. The normalized spacial score (nSPS) is 24.0. The molecule has 1 aromatic rings. The second kappa shape index (κ2) is 6.36. The Kier molecular flexibility index (Phi) is 4.52. The molecule has 1 aliphatic carbocycles. The summed E-state index contributed by atoms with van der Waals surface area (Å²) in [5, 5.41) is 4.40. The summed E-state index contributed by atoms with van der Waals surface area (Å²) in [4.78, 5) is 0. The van der Waals surface area contributed by atoms with E-state index < -0.39 is 0 Å². The van der Waals surface area contributed by atoms with Crippen molar-refractivity contribution in [3.8, 4) is 5.75 Å². The Morgan fingerprint density at radius 1 is 1.10 bits per heavy atom. The van der Waals surface area contributed by atoms with Crippen molar-refractivity contribution in [2.24, 2.45) is 0 Å². The Labute approximate surface area is 126 Å². The number of methoxy groups -OCH3 is 1. The lowest BCUT2D eigenvalue weighted by atomic mass is 9.90. The molecule has 1 N–H and O–H groups in total. The largest absolute Gasteiger partial charge is 0.495 e. The van der Waals surface area contributed by atoms with Gasteiger partial charge < -0.3 is 10.1 Å². The minimum absolute atomic E-state index is 0.465. The van der Waals surface area contributed by atoms with Crippen LogP contribution in [-0.4, -0.2) is 13.7 Å². The molecule has 2 fully saturated rings. The molecule has 20 heavy (non-hydrogen) atoms. The highest BCUT2D eigenvalue weighted by Crippen LogP contribution is 2.43. The van der Waals surface area contributed by atoms with Gasteiger partial charge in [-0.25, -0.2) is 0 Å². The third-order valence-electron chi connectivity index (χ3n) is 4.81. The molecule has 1 aliphatic heterocycles. The van der Waals surface area contributed by atoms with Gasteiger partial charge in [0.2, 0.25) is 0 Å². The number of piperidine rings is 1. The van der Waals surface area contributed by atoms with Crippen LogP contribution < -0.4 is 10.1 Å². The van der Waals surface area contributed by atoms with Crippen LogP contribution in [0.1, 0.15) is 68.0 Å². The van der Waals surface area contributed by atoms with Crippen LogP contribution in [0.3, 0.4) is 0 Å². The van der Waals surface area contributed by atoms with E-state index in [1.165, 1.54) is 56.1 Å². The van der Waals surface area contributed by atoms with Crippen molar-refractivity contribution in [1.29, 1.82) is 0 Å². The van der Waals surface area contributed by atoms with Crippen molar-refractivity contribution >= 4 is 11.6 Å². The fourth-order valence-electron chi connectivity index (χ4n) is 3.73. The summed E-state index contributed by atoms with van der Waals surface area (Å²) in [6.07, 6.45) is 9.01. The lowest BCUT2D eigenvalue weighted by molar-refractivity contribution is 0.399. The molecular formula is C17H24ClNO. The van der Waals surface area contributed by atoms with E-state index in [1.54, 1.807) is 7.11 Å². The van der Waals surface area contributed by atoms with Crippen molar-refractivity contribution in [3.63, 3.8) is 0 Å². The molecule has 1 saturated heterocycles. The summed E-state index contributed by atoms with van der Waals surface area (Å²) >= 11 is 6.48. The van der Waals surface area contributed by atoms with Gasteiger partial charge >= 0.3 is 0 Å². The number of hydrogen-bond donors (Lipinski definition) is 1. The van der Waals surface area contributed by atoms with Crippen molar-refractivity contribution in [2.75, 3.05) is 13.7 Å². The predicted octanol–water partition coefficient (Wildman–Crippen LogP) is 4.82. The highest BCUT2D eigenvalue weighted by molar-refractivity contribution is 6.32. The van der Waals surface area contributed by atoms with Crippen LogP contribution in [0, 0.1) is 0 Å². The minimum atomic E-state index is 0.465. The van der Waals surface area contributed by atoms with Crippen molar-refractivity contribution in [2.45, 2.75) is 56.9 Å². The number of nitrogens with one attached hydrogen (secondary N) is 1. The van der Waals surface area contributed by atoms with Crippen molar-refractivity contribution < 1.29 is 4.74 Å². The zero-order chi connectivity index (χ0) is 13.9. The Bertz CT molecular complexity index is 462. The van der Waals surface area contributed by atoms with Gasteiger partial charge in [-0.15, -0.1) is 0 Å². The summed E-state index contributed by atoms with van der Waals surface area (Å²) < 4.78 is 5.58. The first kappa shape index (κ1) is 14.2. The highest BCUT2D eigenvalue weighted by atomic mass is 35.5. The molecule has 2 nitrogen and oxygen atoms in total. The van der Waals surface area contributed by atoms with E-state index in [1.807, 2.05) is 0 Å². The van der Waals surface area contributed by atoms with Crippen LogP contribution in [-0.2, 0) is 0 Å². The van der Waals surface area contributed by atoms with Crippen LogP contribution in [0.2, 0.25) is 5.02 Å². The minimum Gasteiger partial charge on any atom is -0.495 e. The van der Waals surface area contributed by atoms with E-state index in [0.717, 1.165) is 17.3 Å². The predicted molar refractivity (Wildman–Crippen MR) is 83.8 cm³/mol. The first-order valence-corrected chi connectivity index (χ1v) is 8.28. The van der Waals surface area contributed by atoms with E-state index in [-0.39, 0.29) is 0 Å². The average molecular weight is 294 g/mol. The summed E-state index contributed by atoms with van der Waals surface area (Å²) in [5.41, 5.74) is 2.68. The van der Waals surface area contributed by atoms with Crippen LogP contribution in [0.5, 0.6) is 5.75 Å². The van der Waals surface area contributed by atoms with Gasteiger partial charge in [0.25, 0.3) is 0 Å². The molecule has 0 bridgehead atoms. The lowest BCUT2D eigenvalue weighted by Gasteiger charge is -2.26. The van der Waals surface area contributed by atoms with Gasteiger partial charge in [-0.1, -0.05) is 36.9 Å². The van der Waals surface area contributed by atoms with E-state index in [2.05, 4.69) is 17.4 Å². The first-order chi connectivity index (χ1) is 9.79.